The molecule has 5 nitrogen and oxygen atoms in total. The summed E-state index contributed by atoms with van der Waals surface area (Å²) in [6.45, 7) is 0. The molecule has 3 rings (SSSR count). The first-order valence-electron chi connectivity index (χ1n) is 8.34. The number of hydrogen-bond donors (Lipinski definition) is 2. The van der Waals surface area contributed by atoms with E-state index in [1.54, 1.807) is 19.2 Å². The lowest BCUT2D eigenvalue weighted by Gasteiger charge is -2.06. The highest BCUT2D eigenvalue weighted by atomic mass is 35.5. The summed E-state index contributed by atoms with van der Waals surface area (Å²) in [4.78, 5) is 28.2. The van der Waals surface area contributed by atoms with Crippen molar-refractivity contribution in [2.75, 3.05) is 12.4 Å². The molecule has 0 aliphatic carbocycles. The van der Waals surface area contributed by atoms with Gasteiger partial charge in [0.1, 0.15) is 5.01 Å². The molecule has 7 heteroatoms. The fourth-order valence-electron chi connectivity index (χ4n) is 2.50. The van der Waals surface area contributed by atoms with Crippen molar-refractivity contribution in [1.82, 2.24) is 10.3 Å². The van der Waals surface area contributed by atoms with Gasteiger partial charge in [-0.3, -0.25) is 9.59 Å². The van der Waals surface area contributed by atoms with E-state index in [4.69, 9.17) is 11.6 Å². The Kier molecular flexibility index (Phi) is 6.21. The molecule has 138 valence electrons. The van der Waals surface area contributed by atoms with Crippen LogP contribution < -0.4 is 10.6 Å². The van der Waals surface area contributed by atoms with Crippen LogP contribution in [0.1, 0.15) is 11.3 Å². The van der Waals surface area contributed by atoms with E-state index in [9.17, 15) is 9.59 Å². The van der Waals surface area contributed by atoms with Crippen LogP contribution >= 0.6 is 22.9 Å². The van der Waals surface area contributed by atoms with E-state index in [2.05, 4.69) is 15.6 Å². The SMILES string of the molecule is CNC(=O)Cc1ccc(NC(=O)Cc2csc(-c3ccccc3Cl)n2)cc1. The third-order valence-corrected chi connectivity index (χ3v) is 5.13. The van der Waals surface area contributed by atoms with Crippen LogP contribution in [0, 0.1) is 0 Å². The molecule has 0 fully saturated rings. The molecule has 0 saturated carbocycles. The number of benzene rings is 2. The molecule has 2 N–H and O–H groups in total. The third-order valence-electron chi connectivity index (χ3n) is 3.88. The summed E-state index contributed by atoms with van der Waals surface area (Å²) in [5.41, 5.74) is 3.13. The number of carbonyl (C=O) groups excluding carboxylic acids is 2. The summed E-state index contributed by atoms with van der Waals surface area (Å²) in [6, 6.07) is 14.7. The van der Waals surface area contributed by atoms with Gasteiger partial charge in [0.25, 0.3) is 0 Å². The first-order chi connectivity index (χ1) is 13.0. The number of hydrogen-bond acceptors (Lipinski definition) is 4. The van der Waals surface area contributed by atoms with E-state index in [-0.39, 0.29) is 18.2 Å². The zero-order valence-electron chi connectivity index (χ0n) is 14.7. The molecule has 0 saturated heterocycles. The van der Waals surface area contributed by atoms with Crippen molar-refractivity contribution in [3.05, 3.63) is 70.2 Å². The summed E-state index contributed by atoms with van der Waals surface area (Å²) < 4.78 is 0. The Morgan fingerprint density at radius 3 is 2.48 bits per heavy atom. The Morgan fingerprint density at radius 2 is 1.78 bits per heavy atom. The summed E-state index contributed by atoms with van der Waals surface area (Å²) in [6.07, 6.45) is 0.495. The maximum atomic E-state index is 12.3. The van der Waals surface area contributed by atoms with Crippen molar-refractivity contribution >= 4 is 40.4 Å². The third kappa shape index (κ3) is 5.15. The van der Waals surface area contributed by atoms with Crippen LogP contribution in [0.5, 0.6) is 0 Å². The van der Waals surface area contributed by atoms with Gasteiger partial charge in [-0.05, 0) is 23.8 Å². The minimum atomic E-state index is -0.148. The van der Waals surface area contributed by atoms with Gasteiger partial charge in [-0.1, -0.05) is 41.9 Å². The van der Waals surface area contributed by atoms with Crippen LogP contribution in [0.4, 0.5) is 5.69 Å². The minimum Gasteiger partial charge on any atom is -0.359 e. The highest BCUT2D eigenvalue weighted by Gasteiger charge is 2.11. The number of carbonyl (C=O) groups is 2. The molecular weight excluding hydrogens is 382 g/mol. The standard InChI is InChI=1S/C20H18ClN3O2S/c1-22-18(25)10-13-6-8-14(9-7-13)23-19(26)11-15-12-27-20(24-15)16-4-2-3-5-17(16)21/h2-9,12H,10-11H2,1H3,(H,22,25)(H,23,26). The Bertz CT molecular complexity index is 954. The van der Waals surface area contributed by atoms with Crippen molar-refractivity contribution in [3.63, 3.8) is 0 Å². The number of likely N-dealkylation sites (N-methyl/N-ethyl adjacent to an activating group) is 1. The second-order valence-corrected chi connectivity index (χ2v) is 7.16. The van der Waals surface area contributed by atoms with Gasteiger partial charge in [0.2, 0.25) is 11.8 Å². The first kappa shape index (κ1) is 19.1. The van der Waals surface area contributed by atoms with Crippen LogP contribution in [0.2, 0.25) is 5.02 Å². The number of nitrogens with one attached hydrogen (secondary N) is 2. The van der Waals surface area contributed by atoms with E-state index in [1.165, 1.54) is 11.3 Å². The molecule has 0 aliphatic rings. The van der Waals surface area contributed by atoms with Crippen molar-refractivity contribution in [2.45, 2.75) is 12.8 Å². The van der Waals surface area contributed by atoms with Gasteiger partial charge in [0, 0.05) is 23.7 Å². The molecule has 2 amide bonds. The maximum Gasteiger partial charge on any atom is 0.230 e. The summed E-state index contributed by atoms with van der Waals surface area (Å²) in [7, 11) is 1.60. The average Bonchev–Trinajstić information content (AvgIpc) is 3.11. The zero-order valence-corrected chi connectivity index (χ0v) is 16.2. The highest BCUT2D eigenvalue weighted by molar-refractivity contribution is 7.13. The Hall–Kier alpha value is -2.70. The molecule has 0 unspecified atom stereocenters. The molecule has 1 heterocycles. The van der Waals surface area contributed by atoms with Crippen molar-refractivity contribution in [1.29, 1.82) is 0 Å². The van der Waals surface area contributed by atoms with E-state index >= 15 is 0 Å². The predicted molar refractivity (Wildman–Crippen MR) is 109 cm³/mol. The van der Waals surface area contributed by atoms with Gasteiger partial charge in [0.05, 0.1) is 23.6 Å². The first-order valence-corrected chi connectivity index (χ1v) is 9.59. The summed E-state index contributed by atoms with van der Waals surface area (Å²) in [5, 5.41) is 8.72. The number of thiazole rings is 1. The number of rotatable bonds is 6. The molecule has 0 bridgehead atoms. The van der Waals surface area contributed by atoms with Crippen LogP contribution in [-0.2, 0) is 22.4 Å². The average molecular weight is 400 g/mol. The molecule has 0 spiro atoms. The molecule has 3 aromatic rings. The van der Waals surface area contributed by atoms with E-state index in [0.717, 1.165) is 16.1 Å². The molecule has 0 aliphatic heterocycles. The second-order valence-electron chi connectivity index (χ2n) is 5.90. The van der Waals surface area contributed by atoms with E-state index in [0.29, 0.717) is 22.8 Å². The van der Waals surface area contributed by atoms with Crippen LogP contribution in [-0.4, -0.2) is 23.8 Å². The van der Waals surface area contributed by atoms with Crippen molar-refractivity contribution < 1.29 is 9.59 Å². The predicted octanol–water partition coefficient (Wildman–Crippen LogP) is 3.93. The van der Waals surface area contributed by atoms with E-state index in [1.807, 2.05) is 41.8 Å². The Labute approximate surface area is 166 Å². The molecule has 2 aromatic carbocycles. The molecular formula is C20H18ClN3O2S. The van der Waals surface area contributed by atoms with Crippen LogP contribution in [0.15, 0.2) is 53.9 Å². The number of nitrogens with zero attached hydrogens (tertiary/aromatic N) is 1. The zero-order chi connectivity index (χ0) is 19.2. The van der Waals surface area contributed by atoms with Gasteiger partial charge >= 0.3 is 0 Å². The van der Waals surface area contributed by atoms with Crippen molar-refractivity contribution in [2.24, 2.45) is 0 Å². The van der Waals surface area contributed by atoms with Gasteiger partial charge in [-0.25, -0.2) is 4.98 Å². The minimum absolute atomic E-state index is 0.0513. The fraction of sp³-hybridized carbons (Fsp3) is 0.150. The summed E-state index contributed by atoms with van der Waals surface area (Å²) in [5.74, 6) is -0.199. The highest BCUT2D eigenvalue weighted by Crippen LogP contribution is 2.30. The topological polar surface area (TPSA) is 71.1 Å². The summed E-state index contributed by atoms with van der Waals surface area (Å²) >= 11 is 7.66. The molecule has 27 heavy (non-hydrogen) atoms. The van der Waals surface area contributed by atoms with Crippen molar-refractivity contribution in [3.8, 4) is 10.6 Å². The van der Waals surface area contributed by atoms with E-state index < -0.39 is 0 Å². The Morgan fingerprint density at radius 1 is 1.04 bits per heavy atom. The van der Waals surface area contributed by atoms with Crippen LogP contribution in [0.25, 0.3) is 10.6 Å². The number of anilines is 1. The monoisotopic (exact) mass is 399 g/mol. The van der Waals surface area contributed by atoms with Gasteiger partial charge in [-0.2, -0.15) is 0 Å². The number of amides is 2. The van der Waals surface area contributed by atoms with Crippen LogP contribution in [0.3, 0.4) is 0 Å². The maximum absolute atomic E-state index is 12.3. The van der Waals surface area contributed by atoms with Gasteiger partial charge < -0.3 is 10.6 Å². The largest absolute Gasteiger partial charge is 0.359 e. The van der Waals surface area contributed by atoms with Gasteiger partial charge in [0.15, 0.2) is 0 Å². The lowest BCUT2D eigenvalue weighted by Crippen LogP contribution is -2.20. The molecule has 0 radical (unpaired) electrons. The number of halogens is 1. The fourth-order valence-corrected chi connectivity index (χ4v) is 3.64. The molecule has 0 atom stereocenters. The smallest absolute Gasteiger partial charge is 0.230 e. The quantitative estimate of drug-likeness (QED) is 0.659. The lowest BCUT2D eigenvalue weighted by atomic mass is 10.1. The normalized spacial score (nSPS) is 10.4. The second kappa shape index (κ2) is 8.79. The number of aromatic nitrogens is 1. The van der Waals surface area contributed by atoms with Gasteiger partial charge in [-0.15, -0.1) is 11.3 Å². The molecule has 1 aromatic heterocycles. The Balaban J connectivity index is 1.60. The lowest BCUT2D eigenvalue weighted by molar-refractivity contribution is -0.120.